The number of carbonyl (C=O) groups is 2. The minimum atomic E-state index is -1.00. The summed E-state index contributed by atoms with van der Waals surface area (Å²) < 4.78 is 43.5. The lowest BCUT2D eigenvalue weighted by atomic mass is 10.00. The van der Waals surface area contributed by atoms with Gasteiger partial charge >= 0.3 is 12.2 Å². The molecular formula is C49H67Cl4FN8O9. The first kappa shape index (κ1) is 57.3. The molecule has 5 aliphatic rings. The summed E-state index contributed by atoms with van der Waals surface area (Å²) in [6.07, 6.45) is 14.5. The molecule has 9 heterocycles. The first-order valence-corrected chi connectivity index (χ1v) is 24.8. The van der Waals surface area contributed by atoms with E-state index in [0.717, 1.165) is 57.3 Å². The number of amides is 2. The quantitative estimate of drug-likeness (QED) is 0.144. The fraction of sp³-hybridized carbons (Fsp3) is 0.592. The SMILES string of the molecule is C1CCOC1.CC(C)(C)OC(=O)N1C2CCC1CC(O)C2.Cc1c(Cl)ncnc1Cl.Cc1c(Oc2cccnc2Cl)ncnc1OC1CC2CCC(C1)N2C(=O)OC(C)(C)C.Oc1cccnc1Cl.[2H]CF. The predicted octanol–water partition coefficient (Wildman–Crippen LogP) is 11.8. The highest BCUT2D eigenvalue weighted by atomic mass is 35.5. The zero-order valence-electron chi connectivity index (χ0n) is 42.5. The Morgan fingerprint density at radius 2 is 1.14 bits per heavy atom. The minimum Gasteiger partial charge on any atom is -0.505 e. The molecule has 0 saturated carbocycles. The van der Waals surface area contributed by atoms with E-state index in [1.165, 1.54) is 37.8 Å². The molecule has 4 aromatic rings. The zero-order chi connectivity index (χ0) is 53.2. The lowest BCUT2D eigenvalue weighted by molar-refractivity contribution is -0.0114. The molecule has 71 heavy (non-hydrogen) atoms. The van der Waals surface area contributed by atoms with Crippen molar-refractivity contribution < 1.29 is 49.2 Å². The number of hydrogen-bond acceptors (Lipinski definition) is 15. The van der Waals surface area contributed by atoms with Crippen molar-refractivity contribution in [1.29, 1.82) is 0 Å². The van der Waals surface area contributed by atoms with E-state index in [0.29, 0.717) is 46.2 Å². The average Bonchev–Trinajstić information content (AvgIpc) is 4.04. The minimum absolute atomic E-state index is 0.0224. The van der Waals surface area contributed by atoms with Gasteiger partial charge in [0, 0.05) is 68.2 Å². The predicted molar refractivity (Wildman–Crippen MR) is 270 cm³/mol. The van der Waals surface area contributed by atoms with Crippen molar-refractivity contribution >= 4 is 58.6 Å². The van der Waals surface area contributed by atoms with E-state index in [4.69, 9.17) is 76.6 Å². The molecule has 5 fully saturated rings. The second kappa shape index (κ2) is 28.0. The van der Waals surface area contributed by atoms with Crippen LogP contribution in [-0.4, -0.2) is 130 Å². The molecule has 5 saturated heterocycles. The van der Waals surface area contributed by atoms with Crippen LogP contribution in [0, 0.1) is 13.8 Å². The molecule has 2 N–H and O–H groups in total. The van der Waals surface area contributed by atoms with Gasteiger partial charge in [0.1, 0.15) is 40.3 Å². The number of nitrogens with zero attached hydrogens (tertiary/aromatic N) is 8. The Labute approximate surface area is 437 Å². The van der Waals surface area contributed by atoms with Gasteiger partial charge in [-0.1, -0.05) is 46.4 Å². The van der Waals surface area contributed by atoms with Crippen molar-refractivity contribution in [2.24, 2.45) is 0 Å². The third kappa shape index (κ3) is 18.8. The highest BCUT2D eigenvalue weighted by Gasteiger charge is 2.46. The van der Waals surface area contributed by atoms with E-state index in [-0.39, 0.29) is 64.6 Å². The first-order valence-electron chi connectivity index (χ1n) is 24.0. The summed E-state index contributed by atoms with van der Waals surface area (Å²) in [5.74, 6) is 1.28. The number of rotatable bonds is 4. The van der Waals surface area contributed by atoms with Gasteiger partial charge in [-0.3, -0.25) is 4.39 Å². The van der Waals surface area contributed by atoms with Crippen LogP contribution < -0.4 is 9.47 Å². The van der Waals surface area contributed by atoms with Crippen molar-refractivity contribution in [3.8, 4) is 23.3 Å². The normalized spacial score (nSPS) is 21.9. The molecule has 5 aliphatic heterocycles. The molecule has 0 aliphatic carbocycles. The number of piperidine rings is 2. The van der Waals surface area contributed by atoms with E-state index in [1.807, 2.05) is 58.3 Å². The Hall–Kier alpha value is -4.59. The van der Waals surface area contributed by atoms with Gasteiger partial charge in [-0.05, 0) is 131 Å². The van der Waals surface area contributed by atoms with Crippen LogP contribution in [0.1, 0.15) is 118 Å². The topological polar surface area (TPSA) is 205 Å². The summed E-state index contributed by atoms with van der Waals surface area (Å²) in [6.45, 7) is 16.9. The molecule has 0 spiro atoms. The van der Waals surface area contributed by atoms with Gasteiger partial charge in [0.25, 0.3) is 0 Å². The van der Waals surface area contributed by atoms with Crippen molar-refractivity contribution in [2.75, 3.05) is 20.4 Å². The van der Waals surface area contributed by atoms with E-state index in [1.54, 1.807) is 31.3 Å². The number of aromatic hydroxyl groups is 1. The number of halogens is 5. The molecule has 9 rings (SSSR count). The number of aliphatic hydroxyl groups excluding tert-OH is 1. The molecule has 392 valence electrons. The summed E-state index contributed by atoms with van der Waals surface area (Å²) in [4.78, 5) is 51.9. The zero-order valence-corrected chi connectivity index (χ0v) is 44.5. The lowest BCUT2D eigenvalue weighted by Crippen LogP contribution is -2.50. The molecule has 0 aromatic carbocycles. The Morgan fingerprint density at radius 3 is 1.55 bits per heavy atom. The third-order valence-corrected chi connectivity index (χ3v) is 12.7. The Bertz CT molecular complexity index is 2260. The number of aliphatic hydroxyl groups is 1. The third-order valence-electron chi connectivity index (χ3n) is 11.3. The number of pyridine rings is 2. The number of carbonyl (C=O) groups excluding carboxylic acids is 2. The maximum atomic E-state index is 12.6. The van der Waals surface area contributed by atoms with Gasteiger partial charge in [-0.2, -0.15) is 0 Å². The second-order valence-electron chi connectivity index (χ2n) is 19.1. The van der Waals surface area contributed by atoms with Gasteiger partial charge in [-0.25, -0.2) is 39.5 Å². The Kier molecular flexibility index (Phi) is 22.6. The summed E-state index contributed by atoms with van der Waals surface area (Å²) >= 11 is 22.6. The largest absolute Gasteiger partial charge is 0.505 e. The number of alkyl halides is 1. The fourth-order valence-corrected chi connectivity index (χ4v) is 8.84. The molecule has 4 aromatic heterocycles. The van der Waals surface area contributed by atoms with Crippen LogP contribution in [0.4, 0.5) is 14.0 Å². The molecular weight excluding hydrogens is 1010 g/mol. The van der Waals surface area contributed by atoms with Crippen molar-refractivity contribution in [3.63, 3.8) is 0 Å². The van der Waals surface area contributed by atoms with Crippen molar-refractivity contribution in [2.45, 2.75) is 167 Å². The molecule has 22 heteroatoms. The Morgan fingerprint density at radius 1 is 0.690 bits per heavy atom. The van der Waals surface area contributed by atoms with E-state index in [9.17, 15) is 19.1 Å². The van der Waals surface area contributed by atoms with Gasteiger partial charge in [0.2, 0.25) is 11.8 Å². The van der Waals surface area contributed by atoms with Crippen molar-refractivity contribution in [3.05, 3.63) is 81.1 Å². The molecule has 4 atom stereocenters. The van der Waals surface area contributed by atoms with E-state index in [2.05, 4.69) is 29.9 Å². The fourth-order valence-electron chi connectivity index (χ4n) is 8.24. The number of fused-ring (bicyclic) bond motifs is 4. The van der Waals surface area contributed by atoms with Gasteiger partial charge < -0.3 is 43.7 Å². The average molecular weight is 1070 g/mol. The number of aromatic nitrogens is 6. The second-order valence-corrected chi connectivity index (χ2v) is 20.5. The molecule has 4 bridgehead atoms. The van der Waals surface area contributed by atoms with E-state index < -0.39 is 18.4 Å². The van der Waals surface area contributed by atoms with Crippen LogP contribution in [0.2, 0.25) is 20.6 Å². The summed E-state index contributed by atoms with van der Waals surface area (Å²) in [7, 11) is -1.00. The van der Waals surface area contributed by atoms with Gasteiger partial charge in [-0.15, -0.1) is 0 Å². The van der Waals surface area contributed by atoms with Gasteiger partial charge in [0.15, 0.2) is 21.8 Å². The maximum Gasteiger partial charge on any atom is 0.410 e. The standard InChI is InChI=1S/C22H27ClN4O4.C12H21NO3.C5H4Cl2N2.C5H4ClNO.C4H8O.CH3F/c1-13-19(25-12-26-20(13)30-17-6-5-9-24-18(17)23)29-16-10-14-7-8-15(11-16)27(14)21(28)31-22(2,3)4;1-12(2,3)16-11(15)13-8-4-5-9(13)7-10(14)6-8;1-3-4(6)8-2-9-5(3)7;6-5-4(8)2-1-3-7-5;1-2-4-5-3-1;1-2/h5-6,9,12,14-16H,7-8,10-11H2,1-4H3;8-10,14H,4-7H2,1-3H3;2H,1H3;1-3,8H;1-4H2;1H3/i;;;;;1D. The van der Waals surface area contributed by atoms with E-state index >= 15 is 0 Å². The molecule has 0 radical (unpaired) electrons. The van der Waals surface area contributed by atoms with Crippen LogP contribution in [0.5, 0.6) is 23.3 Å². The highest BCUT2D eigenvalue weighted by molar-refractivity contribution is 6.34. The lowest BCUT2D eigenvalue weighted by Gasteiger charge is -2.39. The van der Waals surface area contributed by atoms with Crippen LogP contribution in [0.3, 0.4) is 0 Å². The van der Waals surface area contributed by atoms with Crippen LogP contribution in [0.15, 0.2) is 49.3 Å². The highest BCUT2D eigenvalue weighted by Crippen LogP contribution is 2.40. The van der Waals surface area contributed by atoms with Crippen LogP contribution >= 0.6 is 46.4 Å². The smallest absolute Gasteiger partial charge is 0.410 e. The summed E-state index contributed by atoms with van der Waals surface area (Å²) in [6, 6.07) is 7.16. The van der Waals surface area contributed by atoms with Crippen molar-refractivity contribution in [1.82, 2.24) is 39.7 Å². The first-order chi connectivity index (χ1) is 34.0. The molecule has 4 unspecified atom stereocenters. The summed E-state index contributed by atoms with van der Waals surface area (Å²) in [5.41, 5.74) is 0.465. The summed E-state index contributed by atoms with van der Waals surface area (Å²) in [5, 5.41) is 19.6. The monoisotopic (exact) mass is 1070 g/mol. The number of ether oxygens (including phenoxy) is 5. The number of hydrogen-bond donors (Lipinski definition) is 2. The van der Waals surface area contributed by atoms with Gasteiger partial charge in [0.05, 0.1) is 20.2 Å². The van der Waals surface area contributed by atoms with Crippen LogP contribution in [-0.2, 0) is 14.2 Å². The molecule has 17 nitrogen and oxygen atoms in total. The maximum absolute atomic E-state index is 12.6. The molecule has 2 amide bonds. The Balaban J connectivity index is 0.000000226. The van der Waals surface area contributed by atoms with Crippen LogP contribution in [0.25, 0.3) is 0 Å².